The van der Waals surface area contributed by atoms with Gasteiger partial charge < -0.3 is 0 Å². The zero-order valence-corrected chi connectivity index (χ0v) is 14.6. The molecule has 1 aromatic carbocycles. The summed E-state index contributed by atoms with van der Waals surface area (Å²) >= 11 is 5.57. The topological polar surface area (TPSA) is 34.4 Å². The van der Waals surface area contributed by atoms with Crippen LogP contribution in [0.3, 0.4) is 0 Å². The van der Waals surface area contributed by atoms with Gasteiger partial charge in [0.1, 0.15) is 0 Å². The summed E-state index contributed by atoms with van der Waals surface area (Å²) in [5, 5.41) is 0.579. The Bertz CT molecular complexity index is 845. The van der Waals surface area contributed by atoms with Crippen molar-refractivity contribution in [2.75, 3.05) is 4.93 Å². The summed E-state index contributed by atoms with van der Waals surface area (Å²) in [7, 11) is 0. The summed E-state index contributed by atoms with van der Waals surface area (Å²) in [6.07, 6.45) is 2.07. The Kier molecular flexibility index (Phi) is 4.44. The number of hydrogen-bond acceptors (Lipinski definition) is 2. The van der Waals surface area contributed by atoms with E-state index in [0.29, 0.717) is 17.1 Å². The first-order chi connectivity index (χ1) is 10.6. The number of alkyl halides is 1. The molecule has 6 heteroatoms. The number of pyridine rings is 1. The van der Waals surface area contributed by atoms with Gasteiger partial charge in [-0.15, -0.1) is 0 Å². The van der Waals surface area contributed by atoms with Crippen LogP contribution in [-0.4, -0.2) is 18.1 Å². The zero-order chi connectivity index (χ0) is 15.7. The van der Waals surface area contributed by atoms with Crippen LogP contribution in [0.25, 0.3) is 16.9 Å². The predicted octanol–water partition coefficient (Wildman–Crippen LogP) is 0.582. The second kappa shape index (κ2) is 6.34. The fourth-order valence-corrected chi connectivity index (χ4v) is 3.18. The van der Waals surface area contributed by atoms with Crippen molar-refractivity contribution in [3.05, 3.63) is 59.1 Å². The van der Waals surface area contributed by atoms with E-state index in [1.165, 1.54) is 12.1 Å². The van der Waals surface area contributed by atoms with Crippen LogP contribution in [0.1, 0.15) is 5.69 Å². The number of fused-ring (bicyclic) bond motifs is 1. The van der Waals surface area contributed by atoms with E-state index in [0.717, 1.165) is 16.9 Å². The average molecular weight is 430 g/mol. The molecule has 0 unspecified atom stereocenters. The van der Waals surface area contributed by atoms with Crippen molar-refractivity contribution in [3.63, 3.8) is 0 Å². The van der Waals surface area contributed by atoms with Crippen molar-refractivity contribution in [1.29, 1.82) is 0 Å². The van der Waals surface area contributed by atoms with E-state index >= 15 is 0 Å². The first kappa shape index (κ1) is 15.4. The number of nitrogens with zero attached hydrogens (tertiary/aromatic N) is 2. The summed E-state index contributed by atoms with van der Waals surface area (Å²) in [5.74, 6) is -0.299. The van der Waals surface area contributed by atoms with Gasteiger partial charge in [0.05, 0.1) is 0 Å². The van der Waals surface area contributed by atoms with Crippen molar-refractivity contribution >= 4 is 21.0 Å². The van der Waals surface area contributed by atoms with E-state index in [1.807, 2.05) is 15.4 Å². The van der Waals surface area contributed by atoms with Crippen molar-refractivity contribution in [3.8, 4) is 11.3 Å². The number of benzene rings is 1. The van der Waals surface area contributed by atoms with E-state index in [-0.39, 0.29) is 9.61 Å². The summed E-state index contributed by atoms with van der Waals surface area (Å²) < 4.78 is 15.2. The number of aromatic nitrogens is 2. The quantitative estimate of drug-likeness (QED) is 0.346. The molecule has 2 heterocycles. The number of hydrogen-bond donors (Lipinski definition) is 0. The van der Waals surface area contributed by atoms with Gasteiger partial charge in [0.25, 0.3) is 0 Å². The fourth-order valence-electron chi connectivity index (χ4n) is 2.27. The molecule has 0 bridgehead atoms. The molecule has 0 saturated heterocycles. The van der Waals surface area contributed by atoms with Crippen LogP contribution in [0.2, 0.25) is 5.02 Å². The van der Waals surface area contributed by atoms with E-state index in [4.69, 9.17) is 11.6 Å². The Labute approximate surface area is 142 Å². The molecule has 0 atom stereocenters. The molecule has 0 N–H and O–H groups in total. The number of imidazole rings is 1. The molecular formula is C16H12ClFIN2O-. The molecule has 2 aromatic heterocycles. The third-order valence-electron chi connectivity index (χ3n) is 3.32. The van der Waals surface area contributed by atoms with Crippen LogP contribution in [0.15, 0.2) is 42.6 Å². The Morgan fingerprint density at radius 3 is 2.68 bits per heavy atom. The first-order valence-corrected chi connectivity index (χ1v) is 10.1. The molecule has 0 aliphatic rings. The molecule has 0 radical (unpaired) electrons. The van der Waals surface area contributed by atoms with Gasteiger partial charge in [0.2, 0.25) is 0 Å². The molecule has 114 valence electrons. The van der Waals surface area contributed by atoms with Gasteiger partial charge >= 0.3 is 143 Å². The first-order valence-electron chi connectivity index (χ1n) is 6.53. The molecule has 0 spiro atoms. The molecule has 3 nitrogen and oxygen atoms in total. The van der Waals surface area contributed by atoms with Crippen LogP contribution in [0, 0.1) is 5.82 Å². The number of carbonyl (C=O) groups excluding carboxylic acids is 1. The fraction of sp³-hybridized carbons (Fsp3) is 0.125. The zero-order valence-electron chi connectivity index (χ0n) is 11.7. The predicted molar refractivity (Wildman–Crippen MR) is 80.2 cm³/mol. The normalized spacial score (nSPS) is 11.2. The average Bonchev–Trinajstić information content (AvgIpc) is 2.86. The molecular weight excluding hydrogens is 418 g/mol. The van der Waals surface area contributed by atoms with Gasteiger partial charge in [0, 0.05) is 0 Å². The van der Waals surface area contributed by atoms with Gasteiger partial charge in [0.15, 0.2) is 0 Å². The van der Waals surface area contributed by atoms with Crippen molar-refractivity contribution in [2.45, 2.75) is 6.42 Å². The van der Waals surface area contributed by atoms with E-state index in [2.05, 4.69) is 4.98 Å². The maximum absolute atomic E-state index is 13.1. The Hall–Kier alpha value is -1.47. The van der Waals surface area contributed by atoms with Crippen molar-refractivity contribution in [2.24, 2.45) is 0 Å². The van der Waals surface area contributed by atoms with E-state index in [1.54, 1.807) is 24.4 Å². The molecule has 0 aliphatic carbocycles. The van der Waals surface area contributed by atoms with E-state index < -0.39 is 21.2 Å². The molecule has 3 rings (SSSR count). The Morgan fingerprint density at radius 1 is 1.27 bits per heavy atom. The molecule has 0 aliphatic heterocycles. The van der Waals surface area contributed by atoms with Gasteiger partial charge in [-0.05, 0) is 0 Å². The molecule has 0 fully saturated rings. The second-order valence-electron chi connectivity index (χ2n) is 4.71. The Morgan fingerprint density at radius 2 is 2.00 bits per heavy atom. The van der Waals surface area contributed by atoms with Crippen LogP contribution in [0.4, 0.5) is 4.39 Å². The van der Waals surface area contributed by atoms with Crippen LogP contribution < -0.4 is 21.2 Å². The minimum atomic E-state index is -0.488. The summed E-state index contributed by atoms with van der Waals surface area (Å²) in [6, 6.07) is 9.71. The number of halogens is 3. The van der Waals surface area contributed by atoms with Crippen LogP contribution in [0.5, 0.6) is 0 Å². The number of carbonyl (C=O) groups is 1. The molecule has 0 saturated carbocycles. The third kappa shape index (κ3) is 3.01. The molecule has 0 amide bonds. The molecule has 3 aromatic rings. The van der Waals surface area contributed by atoms with Gasteiger partial charge in [-0.25, -0.2) is 0 Å². The minimum absolute atomic E-state index is 0.226. The second-order valence-corrected chi connectivity index (χ2v) is 7.43. The summed E-state index contributed by atoms with van der Waals surface area (Å²) in [6.45, 7) is 0. The van der Waals surface area contributed by atoms with Gasteiger partial charge in [-0.2, -0.15) is 0 Å². The molecule has 22 heavy (non-hydrogen) atoms. The van der Waals surface area contributed by atoms with Crippen LogP contribution in [-0.2, 0) is 11.2 Å². The SMILES string of the molecule is C[I-]C(=O)Cc1c(-c2ccc(F)cc2)nc2ccc(Cl)cn12. The van der Waals surface area contributed by atoms with Crippen molar-refractivity contribution < 1.29 is 30.4 Å². The van der Waals surface area contributed by atoms with Crippen molar-refractivity contribution in [1.82, 2.24) is 9.38 Å². The summed E-state index contributed by atoms with van der Waals surface area (Å²) in [5.41, 5.74) is 3.02. The third-order valence-corrected chi connectivity index (χ3v) is 5.12. The van der Waals surface area contributed by atoms with Crippen LogP contribution >= 0.6 is 11.6 Å². The van der Waals surface area contributed by atoms with Gasteiger partial charge in [-0.1, -0.05) is 0 Å². The Balaban J connectivity index is 2.21. The van der Waals surface area contributed by atoms with E-state index in [9.17, 15) is 9.18 Å². The maximum atomic E-state index is 13.1. The standard InChI is InChI=1S/C16H12ClFIN2O/c1-19-14(22)8-13-16(10-2-5-12(18)6-3-10)20-15-7-4-11(17)9-21(13)15/h2-7,9H,8H2,1H3/q-1. The summed E-state index contributed by atoms with van der Waals surface area (Å²) in [4.78, 5) is 18.5. The monoisotopic (exact) mass is 429 g/mol. The number of rotatable bonds is 4. The van der Waals surface area contributed by atoms with Gasteiger partial charge in [-0.3, -0.25) is 0 Å².